The van der Waals surface area contributed by atoms with Crippen LogP contribution < -0.4 is 0 Å². The van der Waals surface area contributed by atoms with Crippen molar-refractivity contribution in [3.63, 3.8) is 0 Å². The largest absolute Gasteiger partial charge is 0.412 e. The van der Waals surface area contributed by atoms with Crippen molar-refractivity contribution in [3.8, 4) is 0 Å². The molecule has 0 spiro atoms. The van der Waals surface area contributed by atoms with Crippen LogP contribution in [0.2, 0.25) is 0 Å². The molecule has 1 heterocycles. The van der Waals surface area contributed by atoms with Crippen LogP contribution in [0.1, 0.15) is 6.42 Å². The van der Waals surface area contributed by atoms with E-state index >= 15 is 0 Å². The zero-order chi connectivity index (χ0) is 12.8. The summed E-state index contributed by atoms with van der Waals surface area (Å²) in [5.74, 6) is 0. The summed E-state index contributed by atoms with van der Waals surface area (Å²) in [6.45, 7) is 0. The van der Waals surface area contributed by atoms with Crippen molar-refractivity contribution >= 4 is 35.3 Å². The predicted octanol–water partition coefficient (Wildman–Crippen LogP) is 4.37. The highest BCUT2D eigenvalue weighted by atomic mass is 32.3. The lowest BCUT2D eigenvalue weighted by atomic mass is 10.0. The molecule has 0 bridgehead atoms. The molecular formula is C7H8F6S3. The van der Waals surface area contributed by atoms with Crippen LogP contribution in [-0.2, 0) is 0 Å². The van der Waals surface area contributed by atoms with Gasteiger partial charge in [0.25, 0.3) is 0 Å². The van der Waals surface area contributed by atoms with Gasteiger partial charge in [-0.2, -0.15) is 26.3 Å². The van der Waals surface area contributed by atoms with Gasteiger partial charge in [-0.25, -0.2) is 0 Å². The number of hydrogen-bond donors (Lipinski definition) is 0. The zero-order valence-corrected chi connectivity index (χ0v) is 10.6. The van der Waals surface area contributed by atoms with Gasteiger partial charge in [-0.05, 0) is 12.5 Å². The summed E-state index contributed by atoms with van der Waals surface area (Å²) >= 11 is 2.00. The summed E-state index contributed by atoms with van der Waals surface area (Å²) in [7, 11) is 0. The van der Waals surface area contributed by atoms with Crippen LogP contribution in [0.25, 0.3) is 0 Å². The third kappa shape index (κ3) is 2.03. The molecule has 0 nitrogen and oxygen atoms in total. The highest BCUT2D eigenvalue weighted by Gasteiger charge is 2.80. The Morgan fingerprint density at radius 2 is 1.25 bits per heavy atom. The molecule has 16 heavy (non-hydrogen) atoms. The first-order valence-electron chi connectivity index (χ1n) is 3.97. The number of alkyl halides is 6. The van der Waals surface area contributed by atoms with E-state index in [0.29, 0.717) is 0 Å². The molecule has 0 N–H and O–H groups in total. The molecule has 1 rings (SSSR count). The van der Waals surface area contributed by atoms with E-state index in [1.54, 1.807) is 0 Å². The molecule has 0 aromatic heterocycles. The molecule has 1 fully saturated rings. The smallest absolute Gasteiger partial charge is 0.169 e. The molecule has 1 aliphatic rings. The average Bonchev–Trinajstić information content (AvgIpc) is 1.99. The van der Waals surface area contributed by atoms with E-state index in [-0.39, 0.29) is 11.8 Å². The van der Waals surface area contributed by atoms with Crippen LogP contribution in [0.15, 0.2) is 0 Å². The van der Waals surface area contributed by atoms with Crippen LogP contribution in [0.4, 0.5) is 26.3 Å². The van der Waals surface area contributed by atoms with Crippen molar-refractivity contribution in [1.82, 2.24) is 0 Å². The summed E-state index contributed by atoms with van der Waals surface area (Å²) in [6, 6.07) is 0. The van der Waals surface area contributed by atoms with Crippen molar-refractivity contribution in [2.24, 2.45) is 0 Å². The number of thioether (sulfide) groups is 3. The summed E-state index contributed by atoms with van der Waals surface area (Å²) < 4.78 is 70.4. The normalized spacial score (nSPS) is 24.0. The third-order valence-electron chi connectivity index (χ3n) is 2.33. The molecule has 0 radical (unpaired) electrons. The van der Waals surface area contributed by atoms with Gasteiger partial charge in [0.15, 0.2) is 0 Å². The second-order valence-corrected chi connectivity index (χ2v) is 7.78. The fraction of sp³-hybridized carbons (Fsp3) is 1.00. The Bertz CT molecular complexity index is 242. The van der Waals surface area contributed by atoms with E-state index in [9.17, 15) is 26.3 Å². The molecule has 1 saturated heterocycles. The molecule has 96 valence electrons. The summed E-state index contributed by atoms with van der Waals surface area (Å²) in [4.78, 5) is 0. The molecule has 0 aromatic rings. The number of rotatable bonds is 2. The van der Waals surface area contributed by atoms with Crippen LogP contribution in [-0.4, -0.2) is 33.0 Å². The van der Waals surface area contributed by atoms with Gasteiger partial charge in [-0.1, -0.05) is 0 Å². The van der Waals surface area contributed by atoms with Crippen molar-refractivity contribution < 1.29 is 26.3 Å². The maximum atomic E-state index is 12.5. The van der Waals surface area contributed by atoms with Gasteiger partial charge in [-0.3, -0.25) is 0 Å². The molecule has 0 unspecified atom stereocenters. The minimum atomic E-state index is -5.26. The maximum Gasteiger partial charge on any atom is 0.412 e. The Morgan fingerprint density at radius 1 is 0.938 bits per heavy atom. The lowest BCUT2D eigenvalue weighted by Gasteiger charge is -2.54. The first kappa shape index (κ1) is 14.7. The van der Waals surface area contributed by atoms with Crippen molar-refractivity contribution in [3.05, 3.63) is 0 Å². The second kappa shape index (κ2) is 4.08. The SMILES string of the molecule is CSC1(SC)CC(C(F)(F)F)(C(F)(F)F)S1. The van der Waals surface area contributed by atoms with Crippen molar-refractivity contribution in [1.29, 1.82) is 0 Å². The van der Waals surface area contributed by atoms with Gasteiger partial charge >= 0.3 is 12.4 Å². The molecule has 0 aliphatic carbocycles. The molecule has 0 saturated carbocycles. The lowest BCUT2D eigenvalue weighted by molar-refractivity contribution is -0.270. The highest BCUT2D eigenvalue weighted by Crippen LogP contribution is 2.73. The van der Waals surface area contributed by atoms with Crippen LogP contribution in [0.3, 0.4) is 0 Å². The van der Waals surface area contributed by atoms with Gasteiger partial charge in [-0.15, -0.1) is 35.3 Å². The monoisotopic (exact) mass is 302 g/mol. The standard InChI is InChI=1S/C7H8F6S3/c1-14-5(15-2)3-4(16-5,6(8,9)10)7(11,12)13/h3H2,1-2H3. The molecule has 9 heteroatoms. The minimum Gasteiger partial charge on any atom is -0.169 e. The Hall–Kier alpha value is 0.630. The van der Waals surface area contributed by atoms with Crippen LogP contribution in [0, 0.1) is 0 Å². The second-order valence-electron chi connectivity index (χ2n) is 3.19. The summed E-state index contributed by atoms with van der Waals surface area (Å²) in [6.07, 6.45) is -8.42. The minimum absolute atomic E-state index is 0.0417. The Kier molecular flexibility index (Phi) is 3.75. The van der Waals surface area contributed by atoms with Crippen molar-refractivity contribution in [2.75, 3.05) is 12.5 Å². The highest BCUT2D eigenvalue weighted by molar-refractivity contribution is 8.34. The number of hydrogen-bond acceptors (Lipinski definition) is 3. The van der Waals surface area contributed by atoms with Gasteiger partial charge in [0.05, 0.1) is 0 Å². The van der Waals surface area contributed by atoms with Gasteiger partial charge in [0.1, 0.15) is 3.41 Å². The molecular weight excluding hydrogens is 294 g/mol. The topological polar surface area (TPSA) is 0 Å². The van der Waals surface area contributed by atoms with Crippen LogP contribution in [0.5, 0.6) is 0 Å². The van der Waals surface area contributed by atoms with Gasteiger partial charge in [0, 0.05) is 6.42 Å². The Balaban J connectivity index is 3.00. The van der Waals surface area contributed by atoms with Gasteiger partial charge < -0.3 is 0 Å². The van der Waals surface area contributed by atoms with E-state index in [2.05, 4.69) is 0 Å². The zero-order valence-electron chi connectivity index (χ0n) is 8.20. The van der Waals surface area contributed by atoms with E-state index in [0.717, 1.165) is 23.5 Å². The van der Waals surface area contributed by atoms with Gasteiger partial charge in [0.2, 0.25) is 4.75 Å². The molecule has 0 atom stereocenters. The molecule has 1 aliphatic heterocycles. The number of halogens is 6. The maximum absolute atomic E-state index is 12.5. The molecule has 0 amide bonds. The van der Waals surface area contributed by atoms with E-state index < -0.39 is 26.9 Å². The van der Waals surface area contributed by atoms with E-state index in [1.165, 1.54) is 12.5 Å². The summed E-state index contributed by atoms with van der Waals surface area (Å²) in [5, 5.41) is 0. The molecule has 0 aromatic carbocycles. The fourth-order valence-electron chi connectivity index (χ4n) is 1.35. The first-order valence-corrected chi connectivity index (χ1v) is 7.24. The summed E-state index contributed by atoms with van der Waals surface area (Å²) in [5.41, 5.74) is 0. The quantitative estimate of drug-likeness (QED) is 0.549. The lowest BCUT2D eigenvalue weighted by Crippen LogP contribution is -2.64. The van der Waals surface area contributed by atoms with Crippen molar-refractivity contribution in [2.45, 2.75) is 26.9 Å². The third-order valence-corrected chi connectivity index (χ3v) is 7.78. The Labute approximate surface area is 101 Å². The average molecular weight is 302 g/mol. The fourth-order valence-corrected chi connectivity index (χ4v) is 5.53. The first-order chi connectivity index (χ1) is 7.04. The van der Waals surface area contributed by atoms with E-state index in [4.69, 9.17) is 0 Å². The predicted molar refractivity (Wildman–Crippen MR) is 56.8 cm³/mol. The Morgan fingerprint density at radius 3 is 1.44 bits per heavy atom. The van der Waals surface area contributed by atoms with E-state index in [1.807, 2.05) is 0 Å². The van der Waals surface area contributed by atoms with Crippen LogP contribution >= 0.6 is 35.3 Å².